The van der Waals surface area contributed by atoms with E-state index in [4.69, 9.17) is 11.6 Å². The van der Waals surface area contributed by atoms with Gasteiger partial charge in [-0.1, -0.05) is 50.6 Å². The normalized spacial score (nSPS) is 11.7. The van der Waals surface area contributed by atoms with Gasteiger partial charge < -0.3 is 0 Å². The average Bonchev–Trinajstić information content (AvgIpc) is 2.49. The van der Waals surface area contributed by atoms with Gasteiger partial charge in [-0.2, -0.15) is 5.10 Å². The number of hydrogen-bond acceptors (Lipinski definition) is 2. The van der Waals surface area contributed by atoms with Crippen LogP contribution < -0.4 is 5.43 Å². The molecule has 1 N–H and O–H groups in total. The highest BCUT2D eigenvalue weighted by Gasteiger charge is 2.14. The molecule has 0 aliphatic heterocycles. The molecule has 5 heteroatoms. The Morgan fingerprint density at radius 2 is 1.83 bits per heavy atom. The van der Waals surface area contributed by atoms with Crippen molar-refractivity contribution in [2.24, 2.45) is 5.10 Å². The lowest BCUT2D eigenvalue weighted by atomic mass is 9.87. The number of halogens is 2. The van der Waals surface area contributed by atoms with Gasteiger partial charge in [-0.25, -0.2) is 9.82 Å². The zero-order valence-electron chi connectivity index (χ0n) is 13.2. The van der Waals surface area contributed by atoms with E-state index in [1.54, 1.807) is 18.2 Å². The maximum Gasteiger partial charge on any atom is 0.271 e. The van der Waals surface area contributed by atoms with Gasteiger partial charge in [-0.3, -0.25) is 4.79 Å². The van der Waals surface area contributed by atoms with Gasteiger partial charge in [0, 0.05) is 11.1 Å². The number of benzene rings is 2. The third-order valence-corrected chi connectivity index (χ3v) is 3.70. The van der Waals surface area contributed by atoms with Gasteiger partial charge >= 0.3 is 0 Å². The average molecular weight is 333 g/mol. The summed E-state index contributed by atoms with van der Waals surface area (Å²) in [5, 5.41) is 4.00. The van der Waals surface area contributed by atoms with Crippen molar-refractivity contribution in [2.75, 3.05) is 0 Å². The summed E-state index contributed by atoms with van der Waals surface area (Å²) in [5.74, 6) is -0.862. The summed E-state index contributed by atoms with van der Waals surface area (Å²) >= 11 is 5.88. The van der Waals surface area contributed by atoms with Crippen molar-refractivity contribution >= 4 is 23.7 Å². The summed E-state index contributed by atoms with van der Waals surface area (Å²) in [5.41, 5.74) is 4.14. The first-order valence-corrected chi connectivity index (χ1v) is 7.55. The molecule has 0 spiro atoms. The van der Waals surface area contributed by atoms with Crippen LogP contribution in [-0.4, -0.2) is 12.1 Å². The monoisotopic (exact) mass is 332 g/mol. The summed E-state index contributed by atoms with van der Waals surface area (Å²) in [6.45, 7) is 6.31. The van der Waals surface area contributed by atoms with E-state index in [0.29, 0.717) is 5.56 Å². The van der Waals surface area contributed by atoms with Gasteiger partial charge in [0.05, 0.1) is 11.2 Å². The van der Waals surface area contributed by atoms with Crippen LogP contribution in [0.3, 0.4) is 0 Å². The number of carbonyl (C=O) groups is 1. The number of nitrogens with zero attached hydrogens (tertiary/aromatic N) is 1. The van der Waals surface area contributed by atoms with Crippen molar-refractivity contribution in [3.05, 3.63) is 70.0 Å². The fourth-order valence-corrected chi connectivity index (χ4v) is 2.19. The van der Waals surface area contributed by atoms with Crippen LogP contribution >= 0.6 is 11.6 Å². The Hall–Kier alpha value is -2.20. The number of amides is 1. The lowest BCUT2D eigenvalue weighted by Gasteiger charge is -2.18. The minimum absolute atomic E-state index is 0.0226. The Labute approximate surface area is 140 Å². The quantitative estimate of drug-likeness (QED) is 0.650. The van der Waals surface area contributed by atoms with E-state index in [-0.39, 0.29) is 21.9 Å². The van der Waals surface area contributed by atoms with Crippen LogP contribution in [-0.2, 0) is 5.41 Å². The SMILES string of the molecule is CC(C)(C)c1ccc(C(=O)NN=Cc2c(F)cccc2Cl)cc1. The van der Waals surface area contributed by atoms with E-state index >= 15 is 0 Å². The van der Waals surface area contributed by atoms with Crippen LogP contribution in [0.15, 0.2) is 47.6 Å². The molecule has 23 heavy (non-hydrogen) atoms. The molecule has 0 unspecified atom stereocenters. The fourth-order valence-electron chi connectivity index (χ4n) is 1.98. The van der Waals surface area contributed by atoms with Gasteiger partial charge in [-0.05, 0) is 35.2 Å². The molecule has 120 valence electrons. The molecule has 0 saturated carbocycles. The molecule has 0 saturated heterocycles. The molecule has 0 aliphatic carbocycles. The fraction of sp³-hybridized carbons (Fsp3) is 0.222. The molecular formula is C18H18ClFN2O. The van der Waals surface area contributed by atoms with Crippen molar-refractivity contribution in [3.8, 4) is 0 Å². The zero-order valence-corrected chi connectivity index (χ0v) is 14.0. The molecule has 0 atom stereocenters. The Kier molecular flexibility index (Phi) is 5.16. The van der Waals surface area contributed by atoms with Crippen LogP contribution in [0.4, 0.5) is 4.39 Å². The highest BCUT2D eigenvalue weighted by molar-refractivity contribution is 6.33. The van der Waals surface area contributed by atoms with Gasteiger partial charge in [-0.15, -0.1) is 0 Å². The van der Waals surface area contributed by atoms with Crippen LogP contribution in [0.2, 0.25) is 5.02 Å². The summed E-state index contributed by atoms with van der Waals surface area (Å²) in [7, 11) is 0. The maximum absolute atomic E-state index is 13.6. The van der Waals surface area contributed by atoms with E-state index < -0.39 is 5.82 Å². The molecular weight excluding hydrogens is 315 g/mol. The topological polar surface area (TPSA) is 41.5 Å². The molecule has 2 aromatic carbocycles. The second kappa shape index (κ2) is 6.92. The predicted molar refractivity (Wildman–Crippen MR) is 91.6 cm³/mol. The predicted octanol–water partition coefficient (Wildman–Crippen LogP) is 4.54. The second-order valence-electron chi connectivity index (χ2n) is 6.16. The lowest BCUT2D eigenvalue weighted by Crippen LogP contribution is -2.18. The molecule has 0 fully saturated rings. The van der Waals surface area contributed by atoms with E-state index in [0.717, 1.165) is 5.56 Å². The molecule has 0 aliphatic rings. The van der Waals surface area contributed by atoms with Crippen molar-refractivity contribution in [2.45, 2.75) is 26.2 Å². The zero-order chi connectivity index (χ0) is 17.0. The second-order valence-corrected chi connectivity index (χ2v) is 6.57. The lowest BCUT2D eigenvalue weighted by molar-refractivity contribution is 0.0955. The molecule has 0 radical (unpaired) electrons. The standard InChI is InChI=1S/C18H18ClFN2O/c1-18(2,3)13-9-7-12(8-10-13)17(23)22-21-11-14-15(19)5-4-6-16(14)20/h4-11H,1-3H3,(H,22,23). The first kappa shape index (κ1) is 17.2. The van der Waals surface area contributed by atoms with E-state index in [9.17, 15) is 9.18 Å². The first-order valence-electron chi connectivity index (χ1n) is 7.17. The molecule has 2 aromatic rings. The largest absolute Gasteiger partial charge is 0.271 e. The van der Waals surface area contributed by atoms with Gasteiger partial charge in [0.25, 0.3) is 5.91 Å². The summed E-state index contributed by atoms with van der Waals surface area (Å²) < 4.78 is 13.6. The molecule has 0 heterocycles. The Balaban J connectivity index is 2.06. The van der Waals surface area contributed by atoms with E-state index in [2.05, 4.69) is 31.3 Å². The van der Waals surface area contributed by atoms with Crippen molar-refractivity contribution < 1.29 is 9.18 Å². The molecule has 3 nitrogen and oxygen atoms in total. The minimum Gasteiger partial charge on any atom is -0.267 e. The Morgan fingerprint density at radius 1 is 1.17 bits per heavy atom. The van der Waals surface area contributed by atoms with Crippen molar-refractivity contribution in [3.63, 3.8) is 0 Å². The van der Waals surface area contributed by atoms with E-state index in [1.807, 2.05) is 12.1 Å². The smallest absolute Gasteiger partial charge is 0.267 e. The number of rotatable bonds is 3. The molecule has 1 amide bonds. The van der Waals surface area contributed by atoms with E-state index in [1.165, 1.54) is 18.3 Å². The highest BCUT2D eigenvalue weighted by Crippen LogP contribution is 2.22. The molecule has 0 aromatic heterocycles. The Bertz CT molecular complexity index is 713. The van der Waals surface area contributed by atoms with Crippen molar-refractivity contribution in [1.29, 1.82) is 0 Å². The minimum atomic E-state index is -0.495. The van der Waals surface area contributed by atoms with Gasteiger partial charge in [0.15, 0.2) is 0 Å². The van der Waals surface area contributed by atoms with Crippen LogP contribution in [0.5, 0.6) is 0 Å². The summed E-state index contributed by atoms with van der Waals surface area (Å²) in [4.78, 5) is 12.0. The number of hydrogen-bond donors (Lipinski definition) is 1. The highest BCUT2D eigenvalue weighted by atomic mass is 35.5. The Morgan fingerprint density at radius 3 is 2.39 bits per heavy atom. The number of carbonyl (C=O) groups excluding carboxylic acids is 1. The van der Waals surface area contributed by atoms with Crippen LogP contribution in [0, 0.1) is 5.82 Å². The number of hydrazone groups is 1. The molecule has 2 rings (SSSR count). The van der Waals surface area contributed by atoms with Gasteiger partial charge in [0.1, 0.15) is 5.82 Å². The number of nitrogens with one attached hydrogen (secondary N) is 1. The van der Waals surface area contributed by atoms with Crippen LogP contribution in [0.25, 0.3) is 0 Å². The van der Waals surface area contributed by atoms with Gasteiger partial charge in [0.2, 0.25) is 0 Å². The summed E-state index contributed by atoms with van der Waals surface area (Å²) in [6, 6.07) is 11.6. The first-order chi connectivity index (χ1) is 10.8. The third-order valence-electron chi connectivity index (χ3n) is 3.37. The summed E-state index contributed by atoms with van der Waals surface area (Å²) in [6.07, 6.45) is 1.19. The van der Waals surface area contributed by atoms with Crippen molar-refractivity contribution in [1.82, 2.24) is 5.43 Å². The maximum atomic E-state index is 13.6. The molecule has 0 bridgehead atoms. The van der Waals surface area contributed by atoms with Crippen LogP contribution in [0.1, 0.15) is 42.3 Å². The third kappa shape index (κ3) is 4.39.